The van der Waals surface area contributed by atoms with Gasteiger partial charge in [-0.15, -0.1) is 0 Å². The van der Waals surface area contributed by atoms with Crippen LogP contribution >= 0.6 is 0 Å². The second-order valence-corrected chi connectivity index (χ2v) is 4.75. The molecule has 0 aliphatic heterocycles. The lowest BCUT2D eigenvalue weighted by atomic mass is 10.0. The van der Waals surface area contributed by atoms with E-state index < -0.39 is 5.97 Å². The molecule has 1 aliphatic rings. The molecule has 18 heavy (non-hydrogen) atoms. The summed E-state index contributed by atoms with van der Waals surface area (Å²) in [6.07, 6.45) is 5.32. The van der Waals surface area contributed by atoms with Crippen molar-refractivity contribution in [1.82, 2.24) is 0 Å². The van der Waals surface area contributed by atoms with E-state index in [1.807, 2.05) is 0 Å². The molecule has 2 rings (SSSR count). The fourth-order valence-corrected chi connectivity index (χ4v) is 2.63. The molecule has 0 N–H and O–H groups in total. The highest BCUT2D eigenvalue weighted by Gasteiger charge is 2.29. The van der Waals surface area contributed by atoms with Crippen LogP contribution in [0.5, 0.6) is 0 Å². The molecule has 0 saturated heterocycles. The van der Waals surface area contributed by atoms with E-state index in [0.29, 0.717) is 6.42 Å². The lowest BCUT2D eigenvalue weighted by Gasteiger charge is -2.28. The molecule has 1 aromatic carbocycles. The molecule has 3 nitrogen and oxygen atoms in total. The van der Waals surface area contributed by atoms with Crippen molar-refractivity contribution in [2.24, 2.45) is 0 Å². The van der Waals surface area contributed by atoms with Gasteiger partial charge in [0.1, 0.15) is 0 Å². The van der Waals surface area contributed by atoms with Crippen LogP contribution in [0.4, 0.5) is 0 Å². The summed E-state index contributed by atoms with van der Waals surface area (Å²) in [5.74, 6) is -0.918. The third-order valence-corrected chi connectivity index (χ3v) is 3.82. The average Bonchev–Trinajstić information content (AvgIpc) is 2.88. The molecule has 0 radical (unpaired) electrons. The third kappa shape index (κ3) is 2.74. The normalized spacial score (nSPS) is 14.8. The highest BCUT2D eigenvalue weighted by molar-refractivity contribution is 5.35. The van der Waals surface area contributed by atoms with E-state index in [0.717, 1.165) is 6.42 Å². The summed E-state index contributed by atoms with van der Waals surface area (Å²) in [5, 5.41) is 0. The Hall–Kier alpha value is -0.900. The Morgan fingerprint density at radius 2 is 1.67 bits per heavy atom. The van der Waals surface area contributed by atoms with Crippen molar-refractivity contribution in [2.45, 2.75) is 38.1 Å². The molecule has 0 amide bonds. The van der Waals surface area contributed by atoms with Crippen LogP contribution in [0.2, 0.25) is 0 Å². The Labute approximate surface area is 109 Å². The number of aryl methyl sites for hydroxylation is 3. The van der Waals surface area contributed by atoms with E-state index in [4.69, 9.17) is 14.2 Å². The fourth-order valence-electron chi connectivity index (χ4n) is 2.63. The first kappa shape index (κ1) is 13.5. The van der Waals surface area contributed by atoms with Gasteiger partial charge in [-0.2, -0.15) is 0 Å². The number of benzene rings is 1. The zero-order valence-electron chi connectivity index (χ0n) is 11.5. The van der Waals surface area contributed by atoms with Crippen molar-refractivity contribution in [1.29, 1.82) is 0 Å². The van der Waals surface area contributed by atoms with Gasteiger partial charge in [0.2, 0.25) is 0 Å². The molecule has 0 saturated carbocycles. The zero-order valence-corrected chi connectivity index (χ0v) is 11.5. The van der Waals surface area contributed by atoms with Crippen molar-refractivity contribution in [3.05, 3.63) is 34.9 Å². The van der Waals surface area contributed by atoms with E-state index >= 15 is 0 Å². The molecule has 0 bridgehead atoms. The standard InChI is InChI=1S/C15H22O3/c1-16-15(17-2,18-3)10-9-12-7-8-13-5-4-6-14(13)11-12/h7-8,11H,4-6,9-10H2,1-3H3. The summed E-state index contributed by atoms with van der Waals surface area (Å²) in [4.78, 5) is 0. The maximum Gasteiger partial charge on any atom is 0.282 e. The van der Waals surface area contributed by atoms with Gasteiger partial charge in [-0.1, -0.05) is 18.2 Å². The summed E-state index contributed by atoms with van der Waals surface area (Å²) in [6, 6.07) is 6.77. The second kappa shape index (κ2) is 5.83. The lowest BCUT2D eigenvalue weighted by molar-refractivity contribution is -0.354. The highest BCUT2D eigenvalue weighted by Crippen LogP contribution is 2.25. The minimum Gasteiger partial charge on any atom is -0.331 e. The van der Waals surface area contributed by atoms with Crippen LogP contribution in [0.25, 0.3) is 0 Å². The van der Waals surface area contributed by atoms with Gasteiger partial charge in [-0.3, -0.25) is 0 Å². The quantitative estimate of drug-likeness (QED) is 0.727. The van der Waals surface area contributed by atoms with Gasteiger partial charge in [-0.05, 0) is 42.4 Å². The molecule has 1 aliphatic carbocycles. The van der Waals surface area contributed by atoms with Crippen LogP contribution in [-0.2, 0) is 33.5 Å². The number of hydrogen-bond donors (Lipinski definition) is 0. The number of hydrogen-bond acceptors (Lipinski definition) is 3. The molecular formula is C15H22O3. The first-order chi connectivity index (χ1) is 8.73. The maximum absolute atomic E-state index is 5.31. The topological polar surface area (TPSA) is 27.7 Å². The van der Waals surface area contributed by atoms with E-state index in [-0.39, 0.29) is 0 Å². The van der Waals surface area contributed by atoms with Gasteiger partial charge in [0.15, 0.2) is 0 Å². The van der Waals surface area contributed by atoms with Crippen molar-refractivity contribution >= 4 is 0 Å². The van der Waals surface area contributed by atoms with E-state index in [1.165, 1.54) is 36.0 Å². The van der Waals surface area contributed by atoms with E-state index in [9.17, 15) is 0 Å². The molecule has 1 aromatic rings. The SMILES string of the molecule is COC(CCc1ccc2c(c1)CCC2)(OC)OC. The summed E-state index contributed by atoms with van der Waals surface area (Å²) in [6.45, 7) is 0. The molecule has 0 heterocycles. The third-order valence-electron chi connectivity index (χ3n) is 3.82. The van der Waals surface area contributed by atoms with Crippen LogP contribution in [0.3, 0.4) is 0 Å². The molecular weight excluding hydrogens is 228 g/mol. The largest absolute Gasteiger partial charge is 0.331 e. The summed E-state index contributed by atoms with van der Waals surface area (Å²) >= 11 is 0. The predicted molar refractivity (Wildman–Crippen MR) is 70.5 cm³/mol. The Bertz CT molecular complexity index is 388. The Morgan fingerprint density at radius 1 is 1.00 bits per heavy atom. The molecule has 3 heteroatoms. The molecule has 0 unspecified atom stereocenters. The minimum absolute atomic E-state index is 0.690. The van der Waals surface area contributed by atoms with Crippen molar-refractivity contribution in [3.8, 4) is 0 Å². The number of ether oxygens (including phenoxy) is 3. The van der Waals surface area contributed by atoms with Crippen LogP contribution in [0.15, 0.2) is 18.2 Å². The minimum atomic E-state index is -0.918. The summed E-state index contributed by atoms with van der Waals surface area (Å²) in [7, 11) is 4.82. The van der Waals surface area contributed by atoms with E-state index in [2.05, 4.69) is 18.2 Å². The van der Waals surface area contributed by atoms with Gasteiger partial charge in [-0.25, -0.2) is 0 Å². The first-order valence-electron chi connectivity index (χ1n) is 6.49. The Morgan fingerprint density at radius 3 is 2.33 bits per heavy atom. The van der Waals surface area contributed by atoms with E-state index in [1.54, 1.807) is 21.3 Å². The summed E-state index contributed by atoms with van der Waals surface area (Å²) < 4.78 is 15.9. The van der Waals surface area contributed by atoms with Gasteiger partial charge >= 0.3 is 0 Å². The first-order valence-corrected chi connectivity index (χ1v) is 6.49. The maximum atomic E-state index is 5.31. The number of fused-ring (bicyclic) bond motifs is 1. The number of rotatable bonds is 6. The van der Waals surface area contributed by atoms with Crippen LogP contribution in [0, 0.1) is 0 Å². The smallest absolute Gasteiger partial charge is 0.282 e. The molecule has 0 fully saturated rings. The predicted octanol–water partition coefficient (Wildman–Crippen LogP) is 2.70. The Balaban J connectivity index is 2.01. The molecule has 0 atom stereocenters. The van der Waals surface area contributed by atoms with Crippen LogP contribution in [0.1, 0.15) is 29.5 Å². The van der Waals surface area contributed by atoms with Crippen molar-refractivity contribution in [2.75, 3.05) is 21.3 Å². The highest BCUT2D eigenvalue weighted by atomic mass is 16.9. The fraction of sp³-hybridized carbons (Fsp3) is 0.600. The van der Waals surface area contributed by atoms with Gasteiger partial charge < -0.3 is 14.2 Å². The molecule has 0 aromatic heterocycles. The van der Waals surface area contributed by atoms with Crippen LogP contribution < -0.4 is 0 Å². The summed E-state index contributed by atoms with van der Waals surface area (Å²) in [5.41, 5.74) is 4.34. The zero-order chi connectivity index (χ0) is 13.0. The van der Waals surface area contributed by atoms with Gasteiger partial charge in [0, 0.05) is 27.8 Å². The van der Waals surface area contributed by atoms with Gasteiger partial charge in [0.25, 0.3) is 5.97 Å². The Kier molecular flexibility index (Phi) is 4.38. The molecule has 0 spiro atoms. The number of methoxy groups -OCH3 is 3. The van der Waals surface area contributed by atoms with Crippen molar-refractivity contribution in [3.63, 3.8) is 0 Å². The van der Waals surface area contributed by atoms with Crippen LogP contribution in [-0.4, -0.2) is 27.3 Å². The van der Waals surface area contributed by atoms with Gasteiger partial charge in [0.05, 0.1) is 0 Å². The monoisotopic (exact) mass is 250 g/mol. The average molecular weight is 250 g/mol. The lowest BCUT2D eigenvalue weighted by Crippen LogP contribution is -2.36. The molecule has 100 valence electrons. The van der Waals surface area contributed by atoms with Crippen molar-refractivity contribution < 1.29 is 14.2 Å². The second-order valence-electron chi connectivity index (χ2n) is 4.75.